The first kappa shape index (κ1) is 16.8. The molecule has 0 aliphatic heterocycles. The number of fused-ring (bicyclic) bond motifs is 1. The molecule has 0 saturated heterocycles. The Morgan fingerprint density at radius 2 is 2.09 bits per heavy atom. The van der Waals surface area contributed by atoms with Gasteiger partial charge in [-0.25, -0.2) is 4.98 Å². The molecule has 1 aromatic carbocycles. The van der Waals surface area contributed by atoms with Gasteiger partial charge in [0, 0.05) is 16.1 Å². The third-order valence-corrected chi connectivity index (χ3v) is 5.46. The number of anilines is 1. The Labute approximate surface area is 160 Å². The fourth-order valence-electron chi connectivity index (χ4n) is 1.89. The molecule has 0 aliphatic rings. The summed E-state index contributed by atoms with van der Waals surface area (Å²) in [5.41, 5.74) is 0.679. The van der Waals surface area contributed by atoms with Crippen LogP contribution in [-0.4, -0.2) is 22.5 Å². The van der Waals surface area contributed by atoms with E-state index in [9.17, 15) is 4.79 Å². The van der Waals surface area contributed by atoms with Crippen molar-refractivity contribution in [2.24, 2.45) is 0 Å². The summed E-state index contributed by atoms with van der Waals surface area (Å²) in [5.74, 6) is 0.241. The van der Waals surface area contributed by atoms with E-state index in [1.54, 1.807) is 12.4 Å². The van der Waals surface area contributed by atoms with Crippen LogP contribution in [0.5, 0.6) is 5.75 Å². The fraction of sp³-hybridized carbons (Fsp3) is 0.0714. The van der Waals surface area contributed by atoms with E-state index in [4.69, 9.17) is 4.74 Å². The average Bonchev–Trinajstić information content (AvgIpc) is 2.92. The monoisotopic (exact) mass is 519 g/mol. The molecule has 1 amide bonds. The van der Waals surface area contributed by atoms with E-state index in [0.717, 1.165) is 18.1 Å². The second kappa shape index (κ2) is 7.25. The number of carbonyl (C=O) groups is 1. The van der Waals surface area contributed by atoms with Crippen molar-refractivity contribution < 1.29 is 9.53 Å². The number of pyridine rings is 1. The molecule has 2 heterocycles. The van der Waals surface area contributed by atoms with Gasteiger partial charge in [0.1, 0.15) is 5.52 Å². The van der Waals surface area contributed by atoms with Crippen LogP contribution in [0.25, 0.3) is 10.9 Å². The molecular weight excluding hydrogens is 514 g/mol. The molecule has 2 aromatic heterocycles. The van der Waals surface area contributed by atoms with E-state index in [-0.39, 0.29) is 12.5 Å². The van der Waals surface area contributed by atoms with Crippen LogP contribution >= 0.6 is 59.1 Å². The van der Waals surface area contributed by atoms with Gasteiger partial charge < -0.3 is 4.74 Å². The summed E-state index contributed by atoms with van der Waals surface area (Å²) >= 11 is 11.6. The number of amides is 1. The topological polar surface area (TPSA) is 64.1 Å². The summed E-state index contributed by atoms with van der Waals surface area (Å²) < 4.78 is 8.14. The number of aromatic nitrogens is 2. The van der Waals surface area contributed by atoms with E-state index in [1.807, 2.05) is 18.2 Å². The number of thiazole rings is 1. The molecule has 118 valence electrons. The highest BCUT2D eigenvalue weighted by Crippen LogP contribution is 2.37. The van der Waals surface area contributed by atoms with Gasteiger partial charge in [0.25, 0.3) is 5.91 Å². The number of hydrogen-bond acceptors (Lipinski definition) is 5. The number of nitrogens with zero attached hydrogens (tertiary/aromatic N) is 2. The van der Waals surface area contributed by atoms with Crippen LogP contribution < -0.4 is 10.1 Å². The second-order valence-corrected chi connectivity index (χ2v) is 8.49. The number of rotatable bonds is 4. The third kappa shape index (κ3) is 3.90. The molecule has 0 saturated carbocycles. The molecule has 23 heavy (non-hydrogen) atoms. The summed E-state index contributed by atoms with van der Waals surface area (Å²) in [6, 6.07) is 5.64. The summed E-state index contributed by atoms with van der Waals surface area (Å²) in [7, 11) is 0. The Bertz CT molecular complexity index is 885. The predicted molar refractivity (Wildman–Crippen MR) is 101 cm³/mol. The molecule has 0 fully saturated rings. The van der Waals surface area contributed by atoms with Crippen molar-refractivity contribution in [3.05, 3.63) is 43.3 Å². The maximum Gasteiger partial charge on any atom is 0.264 e. The third-order valence-electron chi connectivity index (χ3n) is 2.82. The molecule has 0 aliphatic carbocycles. The largest absolute Gasteiger partial charge is 0.480 e. The predicted octanol–water partition coefficient (Wildman–Crippen LogP) is 5.00. The zero-order valence-electron chi connectivity index (χ0n) is 11.3. The fourth-order valence-corrected chi connectivity index (χ4v) is 4.40. The maximum absolute atomic E-state index is 12.0. The molecule has 1 N–H and O–H groups in total. The van der Waals surface area contributed by atoms with E-state index in [0.29, 0.717) is 16.4 Å². The Balaban J connectivity index is 1.78. The maximum atomic E-state index is 12.0. The number of benzene rings is 1. The molecule has 0 atom stereocenters. The zero-order chi connectivity index (χ0) is 16.4. The van der Waals surface area contributed by atoms with Gasteiger partial charge in [0.2, 0.25) is 0 Å². The van der Waals surface area contributed by atoms with Gasteiger partial charge >= 0.3 is 0 Å². The van der Waals surface area contributed by atoms with Gasteiger partial charge in [0.15, 0.2) is 17.5 Å². The van der Waals surface area contributed by atoms with Gasteiger partial charge in [-0.3, -0.25) is 15.1 Å². The lowest BCUT2D eigenvalue weighted by Crippen LogP contribution is -2.20. The van der Waals surface area contributed by atoms with Gasteiger partial charge in [-0.1, -0.05) is 33.3 Å². The highest BCUT2D eigenvalue weighted by Gasteiger charge is 2.14. The molecule has 3 aromatic rings. The number of halogens is 3. The van der Waals surface area contributed by atoms with Crippen LogP contribution in [-0.2, 0) is 4.79 Å². The SMILES string of the molecule is O=C(COc1c(Br)cc(Br)c2cccnc12)Nc1ncc(Br)s1. The molecular formula is C14H8Br3N3O2S. The Hall–Kier alpha value is -1.03. The first-order valence-electron chi connectivity index (χ1n) is 6.31. The van der Waals surface area contributed by atoms with Crippen molar-refractivity contribution in [1.29, 1.82) is 0 Å². The minimum Gasteiger partial charge on any atom is -0.480 e. The van der Waals surface area contributed by atoms with Crippen molar-refractivity contribution in [2.45, 2.75) is 0 Å². The Morgan fingerprint density at radius 1 is 1.26 bits per heavy atom. The Kier molecular flexibility index (Phi) is 5.30. The van der Waals surface area contributed by atoms with Crippen molar-refractivity contribution in [1.82, 2.24) is 9.97 Å². The standard InChI is InChI=1S/C14H8Br3N3O2S/c15-8-4-9(16)13(12-7(8)2-1-3-18-12)22-6-11(21)20-14-19-5-10(17)23-14/h1-5H,6H2,(H,19,20,21). The molecule has 5 nitrogen and oxygen atoms in total. The lowest BCUT2D eigenvalue weighted by Gasteiger charge is -2.11. The summed E-state index contributed by atoms with van der Waals surface area (Å²) in [5, 5.41) is 4.11. The van der Waals surface area contributed by atoms with E-state index >= 15 is 0 Å². The zero-order valence-corrected chi connectivity index (χ0v) is 16.9. The molecule has 0 radical (unpaired) electrons. The van der Waals surface area contributed by atoms with Crippen LogP contribution in [0.1, 0.15) is 0 Å². The average molecular weight is 522 g/mol. The van der Waals surface area contributed by atoms with Crippen molar-refractivity contribution in [2.75, 3.05) is 11.9 Å². The quantitative estimate of drug-likeness (QED) is 0.525. The van der Waals surface area contributed by atoms with Crippen LogP contribution in [0.2, 0.25) is 0 Å². The van der Waals surface area contributed by atoms with Crippen molar-refractivity contribution >= 4 is 81.1 Å². The second-order valence-electron chi connectivity index (χ2n) is 4.38. The highest BCUT2D eigenvalue weighted by atomic mass is 79.9. The van der Waals surface area contributed by atoms with Crippen LogP contribution in [0.15, 0.2) is 43.3 Å². The normalized spacial score (nSPS) is 10.7. The highest BCUT2D eigenvalue weighted by molar-refractivity contribution is 9.11. The molecule has 0 bridgehead atoms. The number of carbonyl (C=O) groups excluding carboxylic acids is 1. The van der Waals surface area contributed by atoms with Gasteiger partial charge in [0.05, 0.1) is 14.5 Å². The van der Waals surface area contributed by atoms with Crippen LogP contribution in [0.4, 0.5) is 5.13 Å². The lowest BCUT2D eigenvalue weighted by molar-refractivity contribution is -0.118. The molecule has 3 rings (SSSR count). The summed E-state index contributed by atoms with van der Waals surface area (Å²) in [6.45, 7) is -0.136. The van der Waals surface area contributed by atoms with Crippen LogP contribution in [0, 0.1) is 0 Å². The van der Waals surface area contributed by atoms with Crippen LogP contribution in [0.3, 0.4) is 0 Å². The summed E-state index contributed by atoms with van der Waals surface area (Å²) in [6.07, 6.45) is 3.31. The number of ether oxygens (including phenoxy) is 1. The molecule has 0 unspecified atom stereocenters. The number of hydrogen-bond donors (Lipinski definition) is 1. The molecule has 0 spiro atoms. The lowest BCUT2D eigenvalue weighted by atomic mass is 10.2. The summed E-state index contributed by atoms with van der Waals surface area (Å²) in [4.78, 5) is 20.4. The van der Waals surface area contributed by atoms with Gasteiger partial charge in [-0.2, -0.15) is 0 Å². The molecule has 9 heteroatoms. The van der Waals surface area contributed by atoms with Crippen molar-refractivity contribution in [3.63, 3.8) is 0 Å². The van der Waals surface area contributed by atoms with Gasteiger partial charge in [-0.05, 0) is 44.0 Å². The van der Waals surface area contributed by atoms with E-state index < -0.39 is 0 Å². The van der Waals surface area contributed by atoms with E-state index in [2.05, 4.69) is 63.1 Å². The smallest absolute Gasteiger partial charge is 0.264 e. The minimum absolute atomic E-state index is 0.136. The van der Waals surface area contributed by atoms with Gasteiger partial charge in [-0.15, -0.1) is 0 Å². The Morgan fingerprint density at radius 3 is 2.83 bits per heavy atom. The number of nitrogens with one attached hydrogen (secondary N) is 1. The van der Waals surface area contributed by atoms with E-state index in [1.165, 1.54) is 11.3 Å². The first-order valence-corrected chi connectivity index (χ1v) is 9.51. The minimum atomic E-state index is -0.286. The van der Waals surface area contributed by atoms with Crippen molar-refractivity contribution in [3.8, 4) is 5.75 Å². The first-order chi connectivity index (χ1) is 11.0.